The number of thiazole rings is 1. The summed E-state index contributed by atoms with van der Waals surface area (Å²) in [5.41, 5.74) is 2.21. The van der Waals surface area contributed by atoms with Gasteiger partial charge in [0, 0.05) is 30.1 Å². The second-order valence-electron chi connectivity index (χ2n) is 6.68. The Kier molecular flexibility index (Phi) is 4.60. The number of nitrogens with one attached hydrogen (secondary N) is 2. The normalized spacial score (nSPS) is 13.1. The third-order valence-corrected chi connectivity index (χ3v) is 5.72. The number of amides is 2. The largest absolute Gasteiger partial charge is 0.463 e. The van der Waals surface area contributed by atoms with Gasteiger partial charge in [0.15, 0.2) is 16.6 Å². The van der Waals surface area contributed by atoms with E-state index in [1.807, 2.05) is 0 Å². The molecule has 0 bridgehead atoms. The lowest BCUT2D eigenvalue weighted by atomic mass is 10.1. The number of carbonyl (C=O) groups is 2. The first kappa shape index (κ1) is 18.3. The standard InChI is InChI=1S/C20H16N6O3S/c27-18(13-4-1-2-7-21-13)23-20-22-12-6-8-26(11-17(12)30-20)19(28)15-10-14(24-25-15)16-5-3-9-29-16/h1-5,7,9-10H,6,8,11H2,(H,24,25)(H,22,23,27). The van der Waals surface area contributed by atoms with Gasteiger partial charge in [-0.2, -0.15) is 5.10 Å². The highest BCUT2D eigenvalue weighted by Crippen LogP contribution is 2.29. The van der Waals surface area contributed by atoms with Gasteiger partial charge in [0.2, 0.25) is 0 Å². The van der Waals surface area contributed by atoms with E-state index in [0.717, 1.165) is 10.6 Å². The highest BCUT2D eigenvalue weighted by atomic mass is 32.1. The predicted octanol–water partition coefficient (Wildman–Crippen LogP) is 2.97. The number of carbonyl (C=O) groups excluding carboxylic acids is 2. The number of H-pyrrole nitrogens is 1. The highest BCUT2D eigenvalue weighted by molar-refractivity contribution is 7.15. The van der Waals surface area contributed by atoms with Crippen molar-refractivity contribution in [1.82, 2.24) is 25.1 Å². The predicted molar refractivity (Wildman–Crippen MR) is 109 cm³/mol. The topological polar surface area (TPSA) is 117 Å². The van der Waals surface area contributed by atoms with Crippen LogP contribution in [0.25, 0.3) is 11.5 Å². The van der Waals surface area contributed by atoms with E-state index in [1.165, 1.54) is 11.3 Å². The van der Waals surface area contributed by atoms with Crippen LogP contribution in [0.1, 0.15) is 31.5 Å². The Hall–Kier alpha value is -3.79. The van der Waals surface area contributed by atoms with Crippen LogP contribution < -0.4 is 5.32 Å². The average molecular weight is 420 g/mol. The van der Waals surface area contributed by atoms with E-state index in [9.17, 15) is 9.59 Å². The number of furan rings is 1. The third-order valence-electron chi connectivity index (χ3n) is 4.72. The van der Waals surface area contributed by atoms with E-state index in [-0.39, 0.29) is 11.8 Å². The molecule has 0 aromatic carbocycles. The molecule has 1 aliphatic heterocycles. The van der Waals surface area contributed by atoms with Crippen LogP contribution in [0.5, 0.6) is 0 Å². The molecule has 10 heteroatoms. The molecular formula is C20H16N6O3S. The molecule has 2 amide bonds. The molecule has 5 heterocycles. The molecule has 0 aliphatic carbocycles. The third kappa shape index (κ3) is 3.48. The van der Waals surface area contributed by atoms with E-state index in [2.05, 4.69) is 25.5 Å². The minimum absolute atomic E-state index is 0.165. The van der Waals surface area contributed by atoms with Gasteiger partial charge in [-0.25, -0.2) is 4.98 Å². The number of fused-ring (bicyclic) bond motifs is 1. The summed E-state index contributed by atoms with van der Waals surface area (Å²) < 4.78 is 5.33. The zero-order valence-corrected chi connectivity index (χ0v) is 16.5. The zero-order chi connectivity index (χ0) is 20.5. The smallest absolute Gasteiger partial charge is 0.276 e. The quantitative estimate of drug-likeness (QED) is 0.524. The summed E-state index contributed by atoms with van der Waals surface area (Å²) >= 11 is 1.37. The Bertz CT molecular complexity index is 1200. The van der Waals surface area contributed by atoms with Crippen molar-refractivity contribution < 1.29 is 14.0 Å². The Morgan fingerprint density at radius 1 is 1.20 bits per heavy atom. The minimum Gasteiger partial charge on any atom is -0.463 e. The summed E-state index contributed by atoms with van der Waals surface area (Å²) in [7, 11) is 0. The van der Waals surface area contributed by atoms with E-state index < -0.39 is 0 Å². The summed E-state index contributed by atoms with van der Waals surface area (Å²) in [6, 6.07) is 10.4. The van der Waals surface area contributed by atoms with Crippen LogP contribution in [-0.4, -0.2) is 43.4 Å². The molecule has 30 heavy (non-hydrogen) atoms. The summed E-state index contributed by atoms with van der Waals surface area (Å²) in [4.78, 5) is 36.4. The van der Waals surface area contributed by atoms with Crippen LogP contribution >= 0.6 is 11.3 Å². The SMILES string of the molecule is O=C(Nc1nc2c(s1)CN(C(=O)c1cc(-c3ccco3)[nH]n1)CC2)c1ccccn1. The van der Waals surface area contributed by atoms with Crippen LogP contribution in [0.3, 0.4) is 0 Å². The van der Waals surface area contributed by atoms with Crippen molar-refractivity contribution in [3.63, 3.8) is 0 Å². The molecule has 0 unspecified atom stereocenters. The van der Waals surface area contributed by atoms with E-state index in [4.69, 9.17) is 4.42 Å². The molecule has 4 aromatic heterocycles. The highest BCUT2D eigenvalue weighted by Gasteiger charge is 2.27. The summed E-state index contributed by atoms with van der Waals surface area (Å²) in [6.07, 6.45) is 3.75. The number of hydrogen-bond acceptors (Lipinski definition) is 7. The Morgan fingerprint density at radius 2 is 2.13 bits per heavy atom. The number of aromatic amines is 1. The Labute approximate surface area is 174 Å². The monoisotopic (exact) mass is 420 g/mol. The molecule has 1 aliphatic rings. The van der Waals surface area contributed by atoms with Gasteiger partial charge in [0.25, 0.3) is 11.8 Å². The summed E-state index contributed by atoms with van der Waals surface area (Å²) in [5, 5.41) is 10.3. The molecule has 0 atom stereocenters. The van der Waals surface area contributed by atoms with Gasteiger partial charge in [0.05, 0.1) is 18.5 Å². The fourth-order valence-electron chi connectivity index (χ4n) is 3.23. The molecule has 150 valence electrons. The van der Waals surface area contributed by atoms with Crippen molar-refractivity contribution >= 4 is 28.3 Å². The lowest BCUT2D eigenvalue weighted by Gasteiger charge is -2.25. The first-order chi connectivity index (χ1) is 14.7. The molecule has 0 radical (unpaired) electrons. The van der Waals surface area contributed by atoms with E-state index >= 15 is 0 Å². The number of hydrogen-bond donors (Lipinski definition) is 2. The molecule has 0 spiro atoms. The van der Waals surface area contributed by atoms with Crippen molar-refractivity contribution in [2.75, 3.05) is 11.9 Å². The molecule has 0 saturated heterocycles. The molecule has 4 aromatic rings. The van der Waals surface area contributed by atoms with E-state index in [1.54, 1.807) is 53.8 Å². The second-order valence-corrected chi connectivity index (χ2v) is 7.76. The number of rotatable bonds is 4. The van der Waals surface area contributed by atoms with Crippen molar-refractivity contribution in [2.45, 2.75) is 13.0 Å². The maximum absolute atomic E-state index is 12.9. The van der Waals surface area contributed by atoms with Gasteiger partial charge in [-0.15, -0.1) is 0 Å². The van der Waals surface area contributed by atoms with Gasteiger partial charge in [-0.05, 0) is 24.3 Å². The fraction of sp³-hybridized carbons (Fsp3) is 0.150. The second kappa shape index (κ2) is 7.56. The lowest BCUT2D eigenvalue weighted by Crippen LogP contribution is -2.35. The summed E-state index contributed by atoms with van der Waals surface area (Å²) in [5.74, 6) is 0.150. The van der Waals surface area contributed by atoms with Gasteiger partial charge in [0.1, 0.15) is 11.4 Å². The van der Waals surface area contributed by atoms with Gasteiger partial charge in [-0.3, -0.25) is 25.0 Å². The van der Waals surface area contributed by atoms with Crippen LogP contribution in [-0.2, 0) is 13.0 Å². The molecule has 9 nitrogen and oxygen atoms in total. The zero-order valence-electron chi connectivity index (χ0n) is 15.7. The number of nitrogens with zero attached hydrogens (tertiary/aromatic N) is 4. The fourth-order valence-corrected chi connectivity index (χ4v) is 4.25. The lowest BCUT2D eigenvalue weighted by molar-refractivity contribution is 0.0730. The molecule has 2 N–H and O–H groups in total. The molecular weight excluding hydrogens is 404 g/mol. The number of pyridine rings is 1. The van der Waals surface area contributed by atoms with Crippen molar-refractivity contribution in [3.05, 3.63) is 70.8 Å². The molecule has 0 saturated carbocycles. The van der Waals surface area contributed by atoms with Crippen molar-refractivity contribution in [1.29, 1.82) is 0 Å². The first-order valence-electron chi connectivity index (χ1n) is 9.27. The van der Waals surface area contributed by atoms with Crippen LogP contribution in [0, 0.1) is 0 Å². The Morgan fingerprint density at radius 3 is 2.93 bits per heavy atom. The van der Waals surface area contributed by atoms with E-state index in [0.29, 0.717) is 47.5 Å². The first-order valence-corrected chi connectivity index (χ1v) is 10.1. The van der Waals surface area contributed by atoms with Crippen LogP contribution in [0.15, 0.2) is 53.3 Å². The summed E-state index contributed by atoms with van der Waals surface area (Å²) in [6.45, 7) is 0.959. The maximum Gasteiger partial charge on any atom is 0.276 e. The maximum atomic E-state index is 12.9. The number of anilines is 1. The molecule has 0 fully saturated rings. The van der Waals surface area contributed by atoms with Gasteiger partial charge >= 0.3 is 0 Å². The molecule has 5 rings (SSSR count). The average Bonchev–Trinajstić information content (AvgIpc) is 3.53. The van der Waals surface area contributed by atoms with Crippen LogP contribution in [0.4, 0.5) is 5.13 Å². The van der Waals surface area contributed by atoms with Gasteiger partial charge in [-0.1, -0.05) is 17.4 Å². The van der Waals surface area contributed by atoms with Crippen molar-refractivity contribution in [2.24, 2.45) is 0 Å². The minimum atomic E-state index is -0.309. The van der Waals surface area contributed by atoms with Crippen LogP contribution in [0.2, 0.25) is 0 Å². The Balaban J connectivity index is 1.28. The van der Waals surface area contributed by atoms with Crippen molar-refractivity contribution in [3.8, 4) is 11.5 Å². The van der Waals surface area contributed by atoms with Gasteiger partial charge < -0.3 is 9.32 Å². The number of aromatic nitrogens is 4.